The van der Waals surface area contributed by atoms with E-state index in [0.29, 0.717) is 11.3 Å². The molecule has 1 nitrogen and oxygen atoms in total. The Balaban J connectivity index is 3.29. The van der Waals surface area contributed by atoms with Crippen LogP contribution in [0.3, 0.4) is 0 Å². The van der Waals surface area contributed by atoms with Crippen molar-refractivity contribution < 1.29 is 4.39 Å². The highest BCUT2D eigenvalue weighted by molar-refractivity contribution is 7.80. The van der Waals surface area contributed by atoms with Crippen LogP contribution < -0.4 is 5.73 Å². The van der Waals surface area contributed by atoms with Crippen molar-refractivity contribution in [2.75, 3.05) is 0 Å². The summed E-state index contributed by atoms with van der Waals surface area (Å²) in [6.45, 7) is 5.78. The summed E-state index contributed by atoms with van der Waals surface area (Å²) in [6.07, 6.45) is 1.53. The fourth-order valence-electron chi connectivity index (χ4n) is 1.79. The van der Waals surface area contributed by atoms with Crippen molar-refractivity contribution in [2.45, 2.75) is 33.6 Å². The number of hydrogen-bond donors (Lipinski definition) is 1. The predicted octanol–water partition coefficient (Wildman–Crippen LogP) is 3.86. The van der Waals surface area contributed by atoms with E-state index in [9.17, 15) is 4.39 Å². The average Bonchev–Trinajstić information content (AvgIpc) is 2.28. The van der Waals surface area contributed by atoms with Crippen LogP contribution in [0.1, 0.15) is 38.3 Å². The first-order valence-electron chi connectivity index (χ1n) is 5.79. The molecule has 0 unspecified atom stereocenters. The van der Waals surface area contributed by atoms with Crippen LogP contribution in [0, 0.1) is 5.82 Å². The molecule has 0 radical (unpaired) electrons. The maximum Gasteiger partial charge on any atom is 0.132 e. The quantitative estimate of drug-likeness (QED) is 0.649. The van der Waals surface area contributed by atoms with Crippen LogP contribution in [-0.4, -0.2) is 4.86 Å². The first-order chi connectivity index (χ1) is 8.01. The van der Waals surface area contributed by atoms with Gasteiger partial charge in [-0.05, 0) is 43.0 Å². The zero-order chi connectivity index (χ0) is 13.0. The molecular formula is C14H18FNS. The summed E-state index contributed by atoms with van der Waals surface area (Å²) in [5.74, 6) is -0.274. The summed E-state index contributed by atoms with van der Waals surface area (Å²) < 4.78 is 13.9. The molecule has 3 heteroatoms. The predicted molar refractivity (Wildman–Crippen MR) is 75.4 cm³/mol. The smallest absolute Gasteiger partial charge is 0.132 e. The second-order valence-corrected chi connectivity index (χ2v) is 4.58. The van der Waals surface area contributed by atoms with Crippen molar-refractivity contribution in [1.82, 2.24) is 0 Å². The normalized spacial score (nSPS) is 12.2. The number of benzene rings is 1. The highest BCUT2D eigenvalue weighted by atomic mass is 32.1. The number of rotatable bonds is 4. The first kappa shape index (κ1) is 13.8. The molecular weight excluding hydrogens is 233 g/mol. The van der Waals surface area contributed by atoms with Gasteiger partial charge in [-0.25, -0.2) is 4.39 Å². The molecule has 17 heavy (non-hydrogen) atoms. The molecule has 1 aromatic rings. The van der Waals surface area contributed by atoms with Crippen LogP contribution in [0.15, 0.2) is 23.8 Å². The maximum absolute atomic E-state index is 13.9. The molecule has 0 saturated carbocycles. The minimum atomic E-state index is -0.274. The molecule has 0 aromatic heterocycles. The average molecular weight is 251 g/mol. The second kappa shape index (κ2) is 5.92. The lowest BCUT2D eigenvalue weighted by atomic mass is 10.0. The molecule has 0 aliphatic rings. The number of aryl methyl sites for hydroxylation is 1. The van der Waals surface area contributed by atoms with Gasteiger partial charge in [-0.15, -0.1) is 0 Å². The summed E-state index contributed by atoms with van der Waals surface area (Å²) in [6, 6.07) is 5.17. The van der Waals surface area contributed by atoms with Crippen molar-refractivity contribution in [3.63, 3.8) is 0 Å². The molecule has 0 bridgehead atoms. The van der Waals surface area contributed by atoms with Gasteiger partial charge in [0.15, 0.2) is 0 Å². The van der Waals surface area contributed by atoms with Crippen molar-refractivity contribution in [3.8, 4) is 0 Å². The summed E-state index contributed by atoms with van der Waals surface area (Å²) in [5, 5.41) is 0. The number of thiocarbonyl (C=S) groups is 1. The molecule has 0 heterocycles. The van der Waals surface area contributed by atoms with Crippen molar-refractivity contribution in [1.29, 1.82) is 0 Å². The molecule has 1 rings (SSSR count). The van der Waals surface area contributed by atoms with Gasteiger partial charge in [0.05, 0.1) is 0 Å². The standard InChI is InChI=1S/C14H18FNS/c1-4-10-6-7-12(13(15)8-10)14(16)11(5-2)9(3)17/h6-8H,4-5,16H2,1-3H3. The van der Waals surface area contributed by atoms with Gasteiger partial charge >= 0.3 is 0 Å². The molecule has 1 aromatic carbocycles. The van der Waals surface area contributed by atoms with Gasteiger partial charge in [0, 0.05) is 16.1 Å². The lowest BCUT2D eigenvalue weighted by Crippen LogP contribution is -2.08. The first-order valence-corrected chi connectivity index (χ1v) is 6.20. The SMILES string of the molecule is CCC(C(C)=S)=C(N)c1ccc(CC)cc1F. The van der Waals surface area contributed by atoms with Crippen LogP contribution in [0.2, 0.25) is 0 Å². The van der Waals surface area contributed by atoms with E-state index in [0.717, 1.165) is 28.8 Å². The molecule has 0 spiro atoms. The van der Waals surface area contributed by atoms with E-state index < -0.39 is 0 Å². The summed E-state index contributed by atoms with van der Waals surface area (Å²) in [7, 11) is 0. The molecule has 0 fully saturated rings. The Kier molecular flexibility index (Phi) is 4.82. The van der Waals surface area contributed by atoms with Gasteiger partial charge in [0.25, 0.3) is 0 Å². The number of halogens is 1. The Morgan fingerprint density at radius 1 is 1.35 bits per heavy atom. The largest absolute Gasteiger partial charge is 0.398 e. The minimum Gasteiger partial charge on any atom is -0.398 e. The lowest BCUT2D eigenvalue weighted by Gasteiger charge is -2.11. The topological polar surface area (TPSA) is 26.0 Å². The van der Waals surface area contributed by atoms with Crippen LogP contribution >= 0.6 is 12.2 Å². The van der Waals surface area contributed by atoms with Crippen LogP contribution in [0.4, 0.5) is 4.39 Å². The van der Waals surface area contributed by atoms with Gasteiger partial charge < -0.3 is 5.73 Å². The Morgan fingerprint density at radius 3 is 2.41 bits per heavy atom. The third-order valence-corrected chi connectivity index (χ3v) is 3.08. The van der Waals surface area contributed by atoms with E-state index in [-0.39, 0.29) is 5.82 Å². The maximum atomic E-state index is 13.9. The Hall–Kier alpha value is -1.22. The van der Waals surface area contributed by atoms with Crippen LogP contribution in [-0.2, 0) is 6.42 Å². The molecule has 0 aliphatic heterocycles. The zero-order valence-corrected chi connectivity index (χ0v) is 11.3. The van der Waals surface area contributed by atoms with Gasteiger partial charge in [-0.2, -0.15) is 0 Å². The highest BCUT2D eigenvalue weighted by Gasteiger charge is 2.11. The third-order valence-electron chi connectivity index (χ3n) is 2.84. The fraction of sp³-hybridized carbons (Fsp3) is 0.357. The van der Waals surface area contributed by atoms with E-state index in [1.54, 1.807) is 6.07 Å². The number of hydrogen-bond acceptors (Lipinski definition) is 2. The van der Waals surface area contributed by atoms with E-state index in [2.05, 4.69) is 0 Å². The second-order valence-electron chi connectivity index (χ2n) is 3.97. The van der Waals surface area contributed by atoms with E-state index in [1.165, 1.54) is 6.07 Å². The molecule has 92 valence electrons. The summed E-state index contributed by atoms with van der Waals surface area (Å²) in [5.41, 5.74) is 8.72. The zero-order valence-electron chi connectivity index (χ0n) is 10.5. The lowest BCUT2D eigenvalue weighted by molar-refractivity contribution is 0.621. The van der Waals surface area contributed by atoms with Gasteiger partial charge in [0.2, 0.25) is 0 Å². The highest BCUT2D eigenvalue weighted by Crippen LogP contribution is 2.21. The van der Waals surface area contributed by atoms with Gasteiger partial charge in [0.1, 0.15) is 5.82 Å². The van der Waals surface area contributed by atoms with Crippen molar-refractivity contribution >= 4 is 22.8 Å². The molecule has 0 saturated heterocycles. The van der Waals surface area contributed by atoms with Crippen LogP contribution in [0.5, 0.6) is 0 Å². The molecule has 0 aliphatic carbocycles. The van der Waals surface area contributed by atoms with Crippen LogP contribution in [0.25, 0.3) is 5.70 Å². The monoisotopic (exact) mass is 251 g/mol. The van der Waals surface area contributed by atoms with Gasteiger partial charge in [-0.1, -0.05) is 32.1 Å². The minimum absolute atomic E-state index is 0.274. The Morgan fingerprint density at radius 2 is 2.00 bits per heavy atom. The Labute approximate surface area is 108 Å². The summed E-state index contributed by atoms with van der Waals surface area (Å²) >= 11 is 5.12. The summed E-state index contributed by atoms with van der Waals surface area (Å²) in [4.78, 5) is 0.726. The van der Waals surface area contributed by atoms with Gasteiger partial charge in [-0.3, -0.25) is 0 Å². The fourth-order valence-corrected chi connectivity index (χ4v) is 2.04. The van der Waals surface area contributed by atoms with E-state index in [4.69, 9.17) is 18.0 Å². The molecule has 0 amide bonds. The van der Waals surface area contributed by atoms with Crippen molar-refractivity contribution in [2.24, 2.45) is 5.73 Å². The number of nitrogens with two attached hydrogens (primary N) is 1. The van der Waals surface area contributed by atoms with Crippen molar-refractivity contribution in [3.05, 3.63) is 40.7 Å². The molecule has 2 N–H and O–H groups in total. The van der Waals surface area contributed by atoms with E-state index >= 15 is 0 Å². The van der Waals surface area contributed by atoms with E-state index in [1.807, 2.05) is 26.8 Å². The molecule has 0 atom stereocenters. The number of allylic oxidation sites excluding steroid dienone is 1. The Bertz CT molecular complexity index is 463. The third kappa shape index (κ3) is 3.13.